The maximum atomic E-state index is 12.0. The topological polar surface area (TPSA) is 114 Å². The number of nitrogen functional groups attached to an aromatic ring is 1. The molecule has 0 saturated heterocycles. The third-order valence-corrected chi connectivity index (χ3v) is 3.49. The van der Waals surface area contributed by atoms with Gasteiger partial charge in [0.1, 0.15) is 17.9 Å². The van der Waals surface area contributed by atoms with Crippen LogP contribution < -0.4 is 10.5 Å². The van der Waals surface area contributed by atoms with Gasteiger partial charge in [-0.3, -0.25) is 0 Å². The van der Waals surface area contributed by atoms with E-state index < -0.39 is 5.97 Å². The second kappa shape index (κ2) is 6.30. The number of anilines is 1. The molecule has 1 heterocycles. The Hall–Kier alpha value is -3.16. The van der Waals surface area contributed by atoms with Crippen molar-refractivity contribution in [3.05, 3.63) is 40.2 Å². The predicted molar refractivity (Wildman–Crippen MR) is 82.5 cm³/mol. The van der Waals surface area contributed by atoms with Gasteiger partial charge in [-0.25, -0.2) is 4.79 Å². The summed E-state index contributed by atoms with van der Waals surface area (Å²) >= 11 is 6.01. The first-order chi connectivity index (χ1) is 11.0. The molecule has 0 atom stereocenters. The lowest BCUT2D eigenvalue weighted by atomic mass is 10.1. The van der Waals surface area contributed by atoms with E-state index in [2.05, 4.69) is 0 Å². The number of carbonyl (C=O) groups excluding carboxylic acids is 1. The number of carbonyl (C=O) groups is 1. The van der Waals surface area contributed by atoms with Crippen molar-refractivity contribution in [3.8, 4) is 23.6 Å². The van der Waals surface area contributed by atoms with E-state index in [1.807, 2.05) is 12.1 Å². The number of hydrogen-bond acceptors (Lipinski definition) is 6. The number of nitrogens with two attached hydrogens (primary N) is 1. The van der Waals surface area contributed by atoms with Crippen LogP contribution in [0.25, 0.3) is 5.69 Å². The summed E-state index contributed by atoms with van der Waals surface area (Å²) in [6, 6.07) is 6.75. The lowest BCUT2D eigenvalue weighted by Gasteiger charge is -2.12. The largest absolute Gasteiger partial charge is 0.495 e. The summed E-state index contributed by atoms with van der Waals surface area (Å²) in [5, 5.41) is 18.7. The van der Waals surface area contributed by atoms with Gasteiger partial charge >= 0.3 is 5.97 Å². The highest BCUT2D eigenvalue weighted by molar-refractivity contribution is 6.32. The van der Waals surface area contributed by atoms with Crippen molar-refractivity contribution < 1.29 is 14.3 Å². The van der Waals surface area contributed by atoms with Gasteiger partial charge in [0.15, 0.2) is 5.69 Å². The second-order valence-electron chi connectivity index (χ2n) is 4.39. The molecule has 7 nitrogen and oxygen atoms in total. The minimum Gasteiger partial charge on any atom is -0.495 e. The second-order valence-corrected chi connectivity index (χ2v) is 4.80. The number of esters is 1. The molecule has 1 aromatic carbocycles. The van der Waals surface area contributed by atoms with Crippen molar-refractivity contribution in [1.82, 2.24) is 4.57 Å². The molecule has 0 spiro atoms. The molecule has 8 heteroatoms. The van der Waals surface area contributed by atoms with Gasteiger partial charge in [0.25, 0.3) is 0 Å². The van der Waals surface area contributed by atoms with Crippen molar-refractivity contribution in [3.63, 3.8) is 0 Å². The summed E-state index contributed by atoms with van der Waals surface area (Å²) < 4.78 is 11.1. The van der Waals surface area contributed by atoms with Gasteiger partial charge < -0.3 is 19.8 Å². The Morgan fingerprint density at radius 1 is 1.26 bits per heavy atom. The van der Waals surface area contributed by atoms with E-state index in [0.717, 1.165) is 0 Å². The van der Waals surface area contributed by atoms with Crippen LogP contribution in [0.1, 0.15) is 21.6 Å². The number of nitriles is 2. The number of methoxy groups -OCH3 is 2. The summed E-state index contributed by atoms with van der Waals surface area (Å²) in [4.78, 5) is 12.0. The van der Waals surface area contributed by atoms with Crippen LogP contribution in [0.15, 0.2) is 18.3 Å². The zero-order chi connectivity index (χ0) is 17.1. The fourth-order valence-corrected chi connectivity index (χ4v) is 2.33. The number of rotatable bonds is 3. The lowest BCUT2D eigenvalue weighted by molar-refractivity contribution is 0.0593. The maximum absolute atomic E-state index is 12.0. The smallest absolute Gasteiger partial charge is 0.357 e. The summed E-state index contributed by atoms with van der Waals surface area (Å²) in [5.41, 5.74) is 6.32. The molecule has 0 saturated carbocycles. The molecular weight excluding hydrogens is 320 g/mol. The molecule has 2 N–H and O–H groups in total. The van der Waals surface area contributed by atoms with Crippen molar-refractivity contribution in [2.45, 2.75) is 0 Å². The molecule has 2 rings (SSSR count). The lowest BCUT2D eigenvalue weighted by Crippen LogP contribution is -2.12. The van der Waals surface area contributed by atoms with Gasteiger partial charge in [-0.15, -0.1) is 0 Å². The van der Waals surface area contributed by atoms with Crippen LogP contribution in [0.4, 0.5) is 5.69 Å². The van der Waals surface area contributed by atoms with E-state index in [0.29, 0.717) is 11.4 Å². The molecule has 23 heavy (non-hydrogen) atoms. The van der Waals surface area contributed by atoms with Crippen LogP contribution in [0, 0.1) is 22.7 Å². The van der Waals surface area contributed by atoms with Gasteiger partial charge in [0.2, 0.25) is 0 Å². The number of benzene rings is 1. The van der Waals surface area contributed by atoms with Crippen molar-refractivity contribution >= 4 is 23.3 Å². The molecule has 0 unspecified atom stereocenters. The molecule has 0 amide bonds. The van der Waals surface area contributed by atoms with Crippen LogP contribution in [0.3, 0.4) is 0 Å². The molecule has 0 aliphatic rings. The van der Waals surface area contributed by atoms with Gasteiger partial charge in [-0.1, -0.05) is 11.6 Å². The first kappa shape index (κ1) is 16.2. The number of halogens is 1. The molecule has 2 aromatic rings. The average molecular weight is 331 g/mol. The van der Waals surface area contributed by atoms with Crippen LogP contribution in [0.2, 0.25) is 5.02 Å². The van der Waals surface area contributed by atoms with Crippen molar-refractivity contribution in [2.75, 3.05) is 20.0 Å². The minimum atomic E-state index is -0.734. The van der Waals surface area contributed by atoms with Gasteiger partial charge in [-0.05, 0) is 6.07 Å². The Kier molecular flexibility index (Phi) is 4.44. The van der Waals surface area contributed by atoms with E-state index in [-0.39, 0.29) is 27.5 Å². The maximum Gasteiger partial charge on any atom is 0.357 e. The van der Waals surface area contributed by atoms with Gasteiger partial charge in [-0.2, -0.15) is 10.5 Å². The van der Waals surface area contributed by atoms with Crippen molar-refractivity contribution in [2.24, 2.45) is 0 Å². The Morgan fingerprint density at radius 3 is 2.43 bits per heavy atom. The normalized spacial score (nSPS) is 9.78. The zero-order valence-electron chi connectivity index (χ0n) is 12.3. The Bertz CT molecular complexity index is 874. The van der Waals surface area contributed by atoms with E-state index in [9.17, 15) is 10.1 Å². The quantitative estimate of drug-likeness (QED) is 0.863. The molecule has 1 aromatic heterocycles. The zero-order valence-corrected chi connectivity index (χ0v) is 13.0. The molecule has 0 radical (unpaired) electrons. The van der Waals surface area contributed by atoms with Gasteiger partial charge in [0.05, 0.1) is 41.7 Å². The fraction of sp³-hybridized carbons (Fsp3) is 0.133. The van der Waals surface area contributed by atoms with Crippen LogP contribution in [-0.4, -0.2) is 24.8 Å². The summed E-state index contributed by atoms with van der Waals surface area (Å²) in [6.07, 6.45) is 1.35. The fourth-order valence-electron chi connectivity index (χ4n) is 2.09. The highest BCUT2D eigenvalue weighted by Crippen LogP contribution is 2.33. The predicted octanol–water partition coefficient (Wildman–Crippen LogP) is 2.25. The third-order valence-electron chi connectivity index (χ3n) is 3.19. The third kappa shape index (κ3) is 2.66. The minimum absolute atomic E-state index is 0.0304. The van der Waals surface area contributed by atoms with Crippen molar-refractivity contribution in [1.29, 1.82) is 10.5 Å². The first-order valence-electron chi connectivity index (χ1n) is 6.25. The van der Waals surface area contributed by atoms with Crippen LogP contribution >= 0.6 is 11.6 Å². The average Bonchev–Trinajstić information content (AvgIpc) is 2.90. The number of ether oxygens (including phenoxy) is 2. The molecule has 0 aliphatic heterocycles. The van der Waals surface area contributed by atoms with Crippen LogP contribution in [0.5, 0.6) is 5.75 Å². The highest BCUT2D eigenvalue weighted by atomic mass is 35.5. The summed E-state index contributed by atoms with van der Waals surface area (Å²) in [6.45, 7) is 0. The Balaban J connectivity index is 2.85. The van der Waals surface area contributed by atoms with E-state index in [4.69, 9.17) is 32.1 Å². The summed E-state index contributed by atoms with van der Waals surface area (Å²) in [7, 11) is 2.61. The standard InChI is InChI=1S/C15H11ClN4O3/c1-22-12-4-11(8(5-17)3-10(12)16)20-7-9(6-18)13(19)14(20)15(21)23-2/h3-4,7H,19H2,1-2H3. The molecule has 0 aliphatic carbocycles. The first-order valence-corrected chi connectivity index (χ1v) is 6.63. The van der Waals surface area contributed by atoms with E-state index in [1.165, 1.54) is 37.1 Å². The van der Waals surface area contributed by atoms with Gasteiger partial charge in [0, 0.05) is 12.3 Å². The van der Waals surface area contributed by atoms with Crippen LogP contribution in [-0.2, 0) is 4.74 Å². The molecule has 0 bridgehead atoms. The Morgan fingerprint density at radius 2 is 1.91 bits per heavy atom. The SMILES string of the molecule is COC(=O)c1c(N)c(C#N)cn1-c1cc(OC)c(Cl)cc1C#N. The molecule has 0 fully saturated rings. The number of nitrogens with zero attached hydrogens (tertiary/aromatic N) is 3. The van der Waals surface area contributed by atoms with E-state index in [1.54, 1.807) is 0 Å². The number of hydrogen-bond donors (Lipinski definition) is 1. The summed E-state index contributed by atoms with van der Waals surface area (Å²) in [5.74, 6) is -0.427. The monoisotopic (exact) mass is 330 g/mol. The number of aromatic nitrogens is 1. The highest BCUT2D eigenvalue weighted by Gasteiger charge is 2.24. The molecule has 116 valence electrons. The molecular formula is C15H11ClN4O3. The van der Waals surface area contributed by atoms with E-state index >= 15 is 0 Å². The Labute approximate surface area is 137 Å².